The molecule has 0 spiro atoms. The summed E-state index contributed by atoms with van der Waals surface area (Å²) >= 11 is 1.59. The summed E-state index contributed by atoms with van der Waals surface area (Å²) < 4.78 is 0. The van der Waals surface area contributed by atoms with Crippen molar-refractivity contribution in [3.8, 4) is 0 Å². The first-order valence-electron chi connectivity index (χ1n) is 10.2. The van der Waals surface area contributed by atoms with Crippen molar-refractivity contribution in [2.75, 3.05) is 12.3 Å². The van der Waals surface area contributed by atoms with Crippen molar-refractivity contribution in [3.05, 3.63) is 70.8 Å². The molecule has 0 bridgehead atoms. The quantitative estimate of drug-likeness (QED) is 0.626. The zero-order valence-corrected chi connectivity index (χ0v) is 18.7. The fourth-order valence-electron chi connectivity index (χ4n) is 3.01. The molecular formula is C24H32N2O2S. The van der Waals surface area contributed by atoms with Gasteiger partial charge >= 0.3 is 0 Å². The lowest BCUT2D eigenvalue weighted by Crippen LogP contribution is -2.48. The van der Waals surface area contributed by atoms with Crippen LogP contribution in [0, 0.1) is 13.8 Å². The van der Waals surface area contributed by atoms with E-state index in [1.54, 1.807) is 16.7 Å². The highest BCUT2D eigenvalue weighted by molar-refractivity contribution is 7.99. The molecule has 1 N–H and O–H groups in total. The van der Waals surface area contributed by atoms with Crippen LogP contribution in [0.5, 0.6) is 0 Å². The highest BCUT2D eigenvalue weighted by atomic mass is 32.2. The fraction of sp³-hybridized carbons (Fsp3) is 0.417. The first kappa shape index (κ1) is 23.0. The van der Waals surface area contributed by atoms with Crippen molar-refractivity contribution in [2.45, 2.75) is 52.5 Å². The Hall–Kier alpha value is -2.27. The fourth-order valence-corrected chi connectivity index (χ4v) is 3.87. The van der Waals surface area contributed by atoms with E-state index in [1.165, 1.54) is 16.7 Å². The van der Waals surface area contributed by atoms with Gasteiger partial charge in [-0.2, -0.15) is 0 Å². The minimum absolute atomic E-state index is 0.0117. The largest absolute Gasteiger partial charge is 0.354 e. The standard InChI is InChI=1S/C24H32N2O2S/c1-5-13-25-24(28)20(4)26(15-21-11-9-18(2)10-12-21)23(27)17-29-16-22-8-6-7-19(3)14-22/h6-12,14,20H,5,13,15-17H2,1-4H3,(H,25,28)/t20-/m0/s1. The van der Waals surface area contributed by atoms with Crippen molar-refractivity contribution in [1.29, 1.82) is 0 Å². The number of hydrogen-bond acceptors (Lipinski definition) is 3. The van der Waals surface area contributed by atoms with E-state index in [4.69, 9.17) is 0 Å². The molecule has 5 heteroatoms. The van der Waals surface area contributed by atoms with Crippen molar-refractivity contribution < 1.29 is 9.59 Å². The number of thioether (sulfide) groups is 1. The van der Waals surface area contributed by atoms with Crippen LogP contribution in [-0.2, 0) is 21.9 Å². The lowest BCUT2D eigenvalue weighted by molar-refractivity contribution is -0.138. The van der Waals surface area contributed by atoms with Gasteiger partial charge in [0.05, 0.1) is 5.75 Å². The minimum Gasteiger partial charge on any atom is -0.354 e. The van der Waals surface area contributed by atoms with Crippen molar-refractivity contribution in [3.63, 3.8) is 0 Å². The van der Waals surface area contributed by atoms with E-state index in [0.717, 1.165) is 17.7 Å². The molecule has 0 aliphatic carbocycles. The van der Waals surface area contributed by atoms with Gasteiger partial charge in [-0.1, -0.05) is 66.6 Å². The molecule has 0 aromatic heterocycles. The lowest BCUT2D eigenvalue weighted by atomic mass is 10.1. The summed E-state index contributed by atoms with van der Waals surface area (Å²) in [7, 11) is 0. The molecule has 2 rings (SSSR count). The first-order valence-corrected chi connectivity index (χ1v) is 11.3. The average Bonchev–Trinajstić information content (AvgIpc) is 2.71. The van der Waals surface area contributed by atoms with E-state index >= 15 is 0 Å². The number of carbonyl (C=O) groups excluding carboxylic acids is 2. The Balaban J connectivity index is 2.04. The van der Waals surface area contributed by atoms with Gasteiger partial charge in [0.1, 0.15) is 6.04 Å². The van der Waals surface area contributed by atoms with Crippen LogP contribution in [0.25, 0.3) is 0 Å². The van der Waals surface area contributed by atoms with Gasteiger partial charge in [0.15, 0.2) is 0 Å². The Kier molecular flexibility index (Phi) is 9.26. The van der Waals surface area contributed by atoms with Crippen molar-refractivity contribution in [1.82, 2.24) is 10.2 Å². The SMILES string of the molecule is CCCNC(=O)[C@H](C)N(Cc1ccc(C)cc1)C(=O)CSCc1cccc(C)c1. The molecule has 0 unspecified atom stereocenters. The molecule has 1 atom stereocenters. The summed E-state index contributed by atoms with van der Waals surface area (Å²) in [6.45, 7) is 8.99. The molecule has 0 saturated carbocycles. The molecule has 156 valence electrons. The summed E-state index contributed by atoms with van der Waals surface area (Å²) in [5.74, 6) is 1.02. The maximum atomic E-state index is 13.0. The van der Waals surface area contributed by atoms with Gasteiger partial charge in [-0.15, -0.1) is 11.8 Å². The predicted molar refractivity (Wildman–Crippen MR) is 122 cm³/mol. The Labute approximate surface area is 179 Å². The van der Waals surface area contributed by atoms with E-state index in [-0.39, 0.29) is 11.8 Å². The Morgan fingerprint density at radius 1 is 1.03 bits per heavy atom. The van der Waals surface area contributed by atoms with E-state index in [0.29, 0.717) is 18.8 Å². The van der Waals surface area contributed by atoms with Crippen molar-refractivity contribution >= 4 is 23.6 Å². The minimum atomic E-state index is -0.505. The zero-order valence-electron chi connectivity index (χ0n) is 17.9. The molecule has 0 fully saturated rings. The number of nitrogens with one attached hydrogen (secondary N) is 1. The molecule has 29 heavy (non-hydrogen) atoms. The van der Waals surface area contributed by atoms with E-state index in [1.807, 2.05) is 51.1 Å². The number of nitrogens with zero attached hydrogens (tertiary/aromatic N) is 1. The van der Waals surface area contributed by atoms with Crippen LogP contribution in [-0.4, -0.2) is 35.1 Å². The van der Waals surface area contributed by atoms with Gasteiger partial charge < -0.3 is 10.2 Å². The maximum absolute atomic E-state index is 13.0. The average molecular weight is 413 g/mol. The number of benzene rings is 2. The van der Waals surface area contributed by atoms with Crippen LogP contribution in [0.2, 0.25) is 0 Å². The lowest BCUT2D eigenvalue weighted by Gasteiger charge is -2.28. The summed E-state index contributed by atoms with van der Waals surface area (Å²) in [6.07, 6.45) is 0.872. The molecule has 2 aromatic rings. The van der Waals surface area contributed by atoms with Crippen LogP contribution in [0.3, 0.4) is 0 Å². The third kappa shape index (κ3) is 7.58. The molecule has 4 nitrogen and oxygen atoms in total. The molecular weight excluding hydrogens is 380 g/mol. The van der Waals surface area contributed by atoms with E-state index in [2.05, 4.69) is 30.4 Å². The second-order valence-corrected chi connectivity index (χ2v) is 8.44. The predicted octanol–water partition coefficient (Wildman–Crippen LogP) is 4.48. The molecule has 0 heterocycles. The molecule has 0 saturated heterocycles. The van der Waals surface area contributed by atoms with Gasteiger partial charge in [0.25, 0.3) is 0 Å². The Bertz CT molecular complexity index is 805. The van der Waals surface area contributed by atoms with Crippen LogP contribution in [0.15, 0.2) is 48.5 Å². The summed E-state index contributed by atoms with van der Waals surface area (Å²) in [6, 6.07) is 15.9. The second kappa shape index (κ2) is 11.7. The van der Waals surface area contributed by atoms with Gasteiger partial charge in [0.2, 0.25) is 11.8 Å². The molecule has 2 amide bonds. The van der Waals surface area contributed by atoms with Gasteiger partial charge in [-0.05, 0) is 38.3 Å². The Morgan fingerprint density at radius 3 is 2.41 bits per heavy atom. The third-order valence-electron chi connectivity index (χ3n) is 4.77. The smallest absolute Gasteiger partial charge is 0.242 e. The van der Waals surface area contributed by atoms with E-state index in [9.17, 15) is 9.59 Å². The van der Waals surface area contributed by atoms with Crippen LogP contribution >= 0.6 is 11.8 Å². The number of rotatable bonds is 10. The third-order valence-corrected chi connectivity index (χ3v) is 5.76. The number of carbonyl (C=O) groups is 2. The molecule has 0 aliphatic heterocycles. The van der Waals surface area contributed by atoms with Crippen LogP contribution in [0.4, 0.5) is 0 Å². The highest BCUT2D eigenvalue weighted by Gasteiger charge is 2.25. The monoisotopic (exact) mass is 412 g/mol. The van der Waals surface area contributed by atoms with Crippen LogP contribution in [0.1, 0.15) is 42.5 Å². The highest BCUT2D eigenvalue weighted by Crippen LogP contribution is 2.17. The summed E-state index contributed by atoms with van der Waals surface area (Å²) in [4.78, 5) is 27.2. The molecule has 2 aromatic carbocycles. The van der Waals surface area contributed by atoms with Gasteiger partial charge in [-0.25, -0.2) is 0 Å². The molecule has 0 aliphatic rings. The first-order chi connectivity index (χ1) is 13.9. The second-order valence-electron chi connectivity index (χ2n) is 7.46. The summed E-state index contributed by atoms with van der Waals surface area (Å²) in [5.41, 5.74) is 4.63. The summed E-state index contributed by atoms with van der Waals surface area (Å²) in [5, 5.41) is 2.91. The number of hydrogen-bond donors (Lipinski definition) is 1. The van der Waals surface area contributed by atoms with Crippen molar-refractivity contribution in [2.24, 2.45) is 0 Å². The van der Waals surface area contributed by atoms with E-state index < -0.39 is 6.04 Å². The number of amides is 2. The Morgan fingerprint density at radius 2 is 1.76 bits per heavy atom. The molecule has 0 radical (unpaired) electrons. The van der Waals surface area contributed by atoms with Gasteiger partial charge in [0, 0.05) is 18.8 Å². The normalized spacial score (nSPS) is 11.7. The topological polar surface area (TPSA) is 49.4 Å². The number of aryl methyl sites for hydroxylation is 2. The zero-order chi connectivity index (χ0) is 21.2. The maximum Gasteiger partial charge on any atom is 0.242 e. The van der Waals surface area contributed by atoms with Crippen LogP contribution < -0.4 is 5.32 Å². The van der Waals surface area contributed by atoms with Gasteiger partial charge in [-0.3, -0.25) is 9.59 Å².